The van der Waals surface area contributed by atoms with Gasteiger partial charge in [0.05, 0.1) is 6.42 Å². The standard InChI is InChI=1S/C15H25NO3/c1-9(2)12-6-10-3-4-11(5-10)15(12,7-13(16)17)8-14(18)19/h9-12H,3-8H2,1-2H3,(H2,16,17)(H,18,19)/t10-,11+,12+,15?/m0/s1. The van der Waals surface area contributed by atoms with Crippen LogP contribution in [0.2, 0.25) is 0 Å². The molecular weight excluding hydrogens is 242 g/mol. The van der Waals surface area contributed by atoms with E-state index in [1.807, 2.05) is 0 Å². The molecule has 4 atom stereocenters. The van der Waals surface area contributed by atoms with Gasteiger partial charge in [0.15, 0.2) is 0 Å². The molecule has 0 aliphatic heterocycles. The summed E-state index contributed by atoms with van der Waals surface area (Å²) >= 11 is 0. The zero-order chi connectivity index (χ0) is 14.2. The highest BCUT2D eigenvalue weighted by molar-refractivity contribution is 5.76. The van der Waals surface area contributed by atoms with Crippen LogP contribution in [-0.4, -0.2) is 17.0 Å². The third kappa shape index (κ3) is 2.63. The number of nitrogens with two attached hydrogens (primary N) is 1. The number of primary amides is 1. The first-order valence-corrected chi connectivity index (χ1v) is 7.35. The molecule has 1 unspecified atom stereocenters. The summed E-state index contributed by atoms with van der Waals surface area (Å²) in [5.41, 5.74) is 5.04. The number of hydrogen-bond donors (Lipinski definition) is 2. The first-order chi connectivity index (χ1) is 8.85. The average molecular weight is 267 g/mol. The van der Waals surface area contributed by atoms with Crippen molar-refractivity contribution >= 4 is 11.9 Å². The monoisotopic (exact) mass is 267 g/mol. The van der Waals surface area contributed by atoms with Crippen LogP contribution in [0, 0.1) is 29.1 Å². The van der Waals surface area contributed by atoms with Gasteiger partial charge in [0.2, 0.25) is 5.91 Å². The van der Waals surface area contributed by atoms with E-state index < -0.39 is 11.4 Å². The number of hydrogen-bond acceptors (Lipinski definition) is 2. The molecule has 2 aliphatic carbocycles. The normalized spacial score (nSPS) is 37.5. The highest BCUT2D eigenvalue weighted by Crippen LogP contribution is 2.60. The molecule has 0 aromatic carbocycles. The van der Waals surface area contributed by atoms with Crippen molar-refractivity contribution in [3.8, 4) is 0 Å². The number of fused-ring (bicyclic) bond motifs is 2. The quantitative estimate of drug-likeness (QED) is 0.802. The summed E-state index contributed by atoms with van der Waals surface area (Å²) in [4.78, 5) is 22.9. The molecule has 0 saturated heterocycles. The molecule has 2 saturated carbocycles. The molecule has 2 fully saturated rings. The molecule has 0 aromatic heterocycles. The van der Waals surface area contributed by atoms with Gasteiger partial charge in [-0.15, -0.1) is 0 Å². The van der Waals surface area contributed by atoms with Crippen LogP contribution in [-0.2, 0) is 9.59 Å². The summed E-state index contributed by atoms with van der Waals surface area (Å²) < 4.78 is 0. The number of aliphatic carboxylic acids is 1. The minimum atomic E-state index is -0.794. The summed E-state index contributed by atoms with van der Waals surface area (Å²) in [6.45, 7) is 4.29. The predicted molar refractivity (Wildman–Crippen MR) is 72.3 cm³/mol. The van der Waals surface area contributed by atoms with E-state index in [0.717, 1.165) is 25.2 Å². The van der Waals surface area contributed by atoms with E-state index in [0.29, 0.717) is 17.8 Å². The lowest BCUT2D eigenvalue weighted by Gasteiger charge is -2.49. The Morgan fingerprint density at radius 1 is 1.26 bits per heavy atom. The predicted octanol–water partition coefficient (Wildman–Crippen LogP) is 2.42. The van der Waals surface area contributed by atoms with Crippen molar-refractivity contribution in [2.45, 2.75) is 52.4 Å². The molecule has 2 aliphatic rings. The topological polar surface area (TPSA) is 80.4 Å². The summed E-state index contributed by atoms with van der Waals surface area (Å²) in [5, 5.41) is 9.32. The summed E-state index contributed by atoms with van der Waals surface area (Å²) in [6.07, 6.45) is 4.73. The Balaban J connectivity index is 2.38. The van der Waals surface area contributed by atoms with Crippen molar-refractivity contribution < 1.29 is 14.7 Å². The minimum absolute atomic E-state index is 0.0934. The lowest BCUT2D eigenvalue weighted by atomic mass is 9.54. The summed E-state index contributed by atoms with van der Waals surface area (Å²) in [5.74, 6) is 0.661. The van der Waals surface area contributed by atoms with Crippen LogP contribution in [0.15, 0.2) is 0 Å². The van der Waals surface area contributed by atoms with Gasteiger partial charge in [-0.1, -0.05) is 20.3 Å². The Bertz CT molecular complexity index is 362. The first-order valence-electron chi connectivity index (χ1n) is 7.35. The SMILES string of the molecule is CC(C)[C@H]1C[C@H]2CC[C@H](C2)C1(CC(N)=O)CC(=O)O. The zero-order valence-electron chi connectivity index (χ0n) is 11.9. The van der Waals surface area contributed by atoms with Crippen LogP contribution in [0.25, 0.3) is 0 Å². The Morgan fingerprint density at radius 2 is 1.95 bits per heavy atom. The fourth-order valence-electron chi connectivity index (χ4n) is 4.86. The van der Waals surface area contributed by atoms with E-state index in [2.05, 4.69) is 13.8 Å². The number of carboxylic acid groups (broad SMARTS) is 1. The molecule has 4 nitrogen and oxygen atoms in total. The first kappa shape index (κ1) is 14.4. The molecule has 2 rings (SSSR count). The number of amides is 1. The molecule has 3 N–H and O–H groups in total. The van der Waals surface area contributed by atoms with Crippen LogP contribution < -0.4 is 5.73 Å². The third-order valence-electron chi connectivity index (χ3n) is 5.47. The highest BCUT2D eigenvalue weighted by atomic mass is 16.4. The van der Waals surface area contributed by atoms with Crippen molar-refractivity contribution in [1.82, 2.24) is 0 Å². The highest BCUT2D eigenvalue weighted by Gasteiger charge is 2.54. The lowest BCUT2D eigenvalue weighted by molar-refractivity contribution is -0.146. The summed E-state index contributed by atoms with van der Waals surface area (Å²) in [7, 11) is 0. The van der Waals surface area contributed by atoms with Crippen molar-refractivity contribution in [2.75, 3.05) is 0 Å². The smallest absolute Gasteiger partial charge is 0.303 e. The molecule has 1 amide bonds. The van der Waals surface area contributed by atoms with Crippen molar-refractivity contribution in [3.05, 3.63) is 0 Å². The molecule has 0 aromatic rings. The van der Waals surface area contributed by atoms with E-state index in [4.69, 9.17) is 5.73 Å². The van der Waals surface area contributed by atoms with Crippen molar-refractivity contribution in [3.63, 3.8) is 0 Å². The second-order valence-corrected chi connectivity index (χ2v) is 6.91. The van der Waals surface area contributed by atoms with Gasteiger partial charge in [0, 0.05) is 6.42 Å². The number of carbonyl (C=O) groups excluding carboxylic acids is 1. The van der Waals surface area contributed by atoms with Gasteiger partial charge >= 0.3 is 5.97 Å². The third-order valence-corrected chi connectivity index (χ3v) is 5.47. The van der Waals surface area contributed by atoms with Gasteiger partial charge in [-0.25, -0.2) is 0 Å². The Kier molecular flexibility index (Phi) is 3.88. The molecule has 0 spiro atoms. The molecular formula is C15H25NO3. The molecule has 19 heavy (non-hydrogen) atoms. The second-order valence-electron chi connectivity index (χ2n) is 6.91. The number of rotatable bonds is 5. The van der Waals surface area contributed by atoms with Crippen LogP contribution in [0.3, 0.4) is 0 Å². The van der Waals surface area contributed by atoms with Gasteiger partial charge in [0.25, 0.3) is 0 Å². The number of carbonyl (C=O) groups is 2. The van der Waals surface area contributed by atoms with Crippen LogP contribution in [0.5, 0.6) is 0 Å². The Labute approximate surface area is 114 Å². The molecule has 0 radical (unpaired) electrons. The molecule has 0 heterocycles. The number of carboxylic acids is 1. The molecule has 4 heteroatoms. The lowest BCUT2D eigenvalue weighted by Crippen LogP contribution is -2.47. The van der Waals surface area contributed by atoms with Crippen molar-refractivity contribution in [2.24, 2.45) is 34.8 Å². The Morgan fingerprint density at radius 3 is 2.47 bits per heavy atom. The maximum atomic E-state index is 11.5. The van der Waals surface area contributed by atoms with Gasteiger partial charge in [-0.3, -0.25) is 9.59 Å². The van der Waals surface area contributed by atoms with Gasteiger partial charge in [-0.2, -0.15) is 0 Å². The Hall–Kier alpha value is -1.06. The maximum absolute atomic E-state index is 11.5. The zero-order valence-corrected chi connectivity index (χ0v) is 11.9. The van der Waals surface area contributed by atoms with Gasteiger partial charge in [0.1, 0.15) is 0 Å². The van der Waals surface area contributed by atoms with Crippen LogP contribution >= 0.6 is 0 Å². The van der Waals surface area contributed by atoms with Crippen molar-refractivity contribution in [1.29, 1.82) is 0 Å². The largest absolute Gasteiger partial charge is 0.481 e. The van der Waals surface area contributed by atoms with E-state index in [-0.39, 0.29) is 18.7 Å². The van der Waals surface area contributed by atoms with Crippen LogP contribution in [0.1, 0.15) is 52.4 Å². The average Bonchev–Trinajstić information content (AvgIpc) is 2.66. The maximum Gasteiger partial charge on any atom is 0.303 e. The van der Waals surface area contributed by atoms with Gasteiger partial charge < -0.3 is 10.8 Å². The van der Waals surface area contributed by atoms with E-state index in [1.165, 1.54) is 6.42 Å². The van der Waals surface area contributed by atoms with Crippen LogP contribution in [0.4, 0.5) is 0 Å². The van der Waals surface area contributed by atoms with E-state index >= 15 is 0 Å². The minimum Gasteiger partial charge on any atom is -0.481 e. The fraction of sp³-hybridized carbons (Fsp3) is 0.867. The fourth-order valence-corrected chi connectivity index (χ4v) is 4.86. The van der Waals surface area contributed by atoms with E-state index in [9.17, 15) is 14.7 Å². The molecule has 2 bridgehead atoms. The van der Waals surface area contributed by atoms with E-state index in [1.54, 1.807) is 0 Å². The summed E-state index contributed by atoms with van der Waals surface area (Å²) in [6, 6.07) is 0. The molecule has 108 valence electrons. The van der Waals surface area contributed by atoms with Gasteiger partial charge in [-0.05, 0) is 48.3 Å². The second kappa shape index (κ2) is 5.14.